The van der Waals surface area contributed by atoms with Gasteiger partial charge in [0, 0.05) is 26.2 Å². The van der Waals surface area contributed by atoms with Gasteiger partial charge in [0.15, 0.2) is 5.76 Å². The average molecular weight is 401 g/mol. The van der Waals surface area contributed by atoms with E-state index in [0.29, 0.717) is 24.7 Å². The molecule has 158 valence electrons. The lowest BCUT2D eigenvalue weighted by Gasteiger charge is -2.35. The van der Waals surface area contributed by atoms with E-state index in [1.54, 1.807) is 12.1 Å². The summed E-state index contributed by atoms with van der Waals surface area (Å²) < 4.78 is 17.2. The van der Waals surface area contributed by atoms with E-state index in [4.69, 9.17) is 13.9 Å². The largest absolute Gasteiger partial charge is 0.485 e. The van der Waals surface area contributed by atoms with Gasteiger partial charge >= 0.3 is 0 Å². The maximum absolute atomic E-state index is 12.3. The van der Waals surface area contributed by atoms with Crippen LogP contribution in [0.15, 0.2) is 34.7 Å². The summed E-state index contributed by atoms with van der Waals surface area (Å²) in [5, 5.41) is 2.93. The number of rotatable bonds is 8. The summed E-state index contributed by atoms with van der Waals surface area (Å²) in [5.74, 6) is 1.58. The minimum atomic E-state index is -0.188. The monoisotopic (exact) mass is 400 g/mol. The first-order chi connectivity index (χ1) is 13.9. The van der Waals surface area contributed by atoms with Crippen LogP contribution in [-0.2, 0) is 11.3 Å². The van der Waals surface area contributed by atoms with Crippen molar-refractivity contribution in [3.63, 3.8) is 0 Å². The number of benzene rings is 1. The highest BCUT2D eigenvalue weighted by molar-refractivity contribution is 5.91. The van der Waals surface area contributed by atoms with Crippen LogP contribution in [0.25, 0.3) is 0 Å². The van der Waals surface area contributed by atoms with Gasteiger partial charge < -0.3 is 19.2 Å². The molecule has 2 unspecified atom stereocenters. The number of ether oxygens (including phenoxy) is 2. The number of hydrogen-bond donors (Lipinski definition) is 1. The van der Waals surface area contributed by atoms with Crippen LogP contribution >= 0.6 is 0 Å². The van der Waals surface area contributed by atoms with Crippen molar-refractivity contribution in [3.05, 3.63) is 53.0 Å². The molecule has 1 aliphatic rings. The molecule has 2 aromatic rings. The number of carbonyl (C=O) groups excluding carboxylic acids is 1. The molecule has 2 atom stereocenters. The first-order valence-corrected chi connectivity index (χ1v) is 10.4. The number of nitrogens with one attached hydrogen (secondary N) is 1. The normalized spacial score (nSPS) is 19.9. The van der Waals surface area contributed by atoms with Gasteiger partial charge in [-0.3, -0.25) is 9.69 Å². The van der Waals surface area contributed by atoms with E-state index < -0.39 is 0 Å². The second kappa shape index (κ2) is 9.94. The number of carbonyl (C=O) groups is 1. The molecule has 1 amide bonds. The van der Waals surface area contributed by atoms with Crippen LogP contribution in [0.3, 0.4) is 0 Å². The Hall–Kier alpha value is -2.31. The fourth-order valence-electron chi connectivity index (χ4n) is 3.75. The fraction of sp³-hybridized carbons (Fsp3) is 0.522. The Balaban J connectivity index is 1.40. The fourth-order valence-corrected chi connectivity index (χ4v) is 3.75. The van der Waals surface area contributed by atoms with E-state index in [0.717, 1.165) is 37.4 Å². The van der Waals surface area contributed by atoms with Crippen molar-refractivity contribution in [2.75, 3.05) is 26.2 Å². The Morgan fingerprint density at radius 1 is 1.17 bits per heavy atom. The summed E-state index contributed by atoms with van der Waals surface area (Å²) in [6.07, 6.45) is 1.43. The van der Waals surface area contributed by atoms with Gasteiger partial charge in [-0.25, -0.2) is 0 Å². The Labute approximate surface area is 173 Å². The molecule has 1 fully saturated rings. The zero-order chi connectivity index (χ0) is 20.8. The highest BCUT2D eigenvalue weighted by Crippen LogP contribution is 2.20. The minimum Gasteiger partial charge on any atom is -0.485 e. The summed E-state index contributed by atoms with van der Waals surface area (Å²) in [4.78, 5) is 14.7. The van der Waals surface area contributed by atoms with Crippen molar-refractivity contribution >= 4 is 5.91 Å². The van der Waals surface area contributed by atoms with Crippen LogP contribution in [0.1, 0.15) is 47.7 Å². The van der Waals surface area contributed by atoms with Gasteiger partial charge in [0.1, 0.15) is 18.1 Å². The van der Waals surface area contributed by atoms with Crippen LogP contribution < -0.4 is 10.1 Å². The highest BCUT2D eigenvalue weighted by atomic mass is 16.5. The van der Waals surface area contributed by atoms with E-state index in [1.165, 1.54) is 5.56 Å². The number of morpholine rings is 1. The van der Waals surface area contributed by atoms with Crippen LogP contribution in [0.2, 0.25) is 0 Å². The topological polar surface area (TPSA) is 63.9 Å². The van der Waals surface area contributed by atoms with Crippen molar-refractivity contribution in [1.82, 2.24) is 10.2 Å². The molecule has 1 aromatic heterocycles. The highest BCUT2D eigenvalue weighted by Gasteiger charge is 2.21. The van der Waals surface area contributed by atoms with Gasteiger partial charge in [-0.1, -0.05) is 17.7 Å². The van der Waals surface area contributed by atoms with E-state index in [-0.39, 0.29) is 18.1 Å². The predicted octanol–water partition coefficient (Wildman–Crippen LogP) is 3.70. The van der Waals surface area contributed by atoms with E-state index >= 15 is 0 Å². The number of aryl methyl sites for hydroxylation is 2. The lowest BCUT2D eigenvalue weighted by Crippen LogP contribution is -2.46. The molecule has 2 heterocycles. The third-order valence-corrected chi connectivity index (χ3v) is 5.02. The third-order valence-electron chi connectivity index (χ3n) is 5.02. The van der Waals surface area contributed by atoms with Crippen LogP contribution in [-0.4, -0.2) is 49.2 Å². The van der Waals surface area contributed by atoms with Crippen LogP contribution in [0.4, 0.5) is 0 Å². The molecule has 0 spiro atoms. The molecule has 6 nitrogen and oxygen atoms in total. The first kappa shape index (κ1) is 21.4. The zero-order valence-electron chi connectivity index (χ0n) is 17.9. The van der Waals surface area contributed by atoms with Crippen LogP contribution in [0, 0.1) is 13.8 Å². The summed E-state index contributed by atoms with van der Waals surface area (Å²) in [5.41, 5.74) is 2.28. The summed E-state index contributed by atoms with van der Waals surface area (Å²) >= 11 is 0. The van der Waals surface area contributed by atoms with Crippen molar-refractivity contribution in [1.29, 1.82) is 0 Å². The van der Waals surface area contributed by atoms with Gasteiger partial charge in [-0.15, -0.1) is 0 Å². The van der Waals surface area contributed by atoms with Crippen molar-refractivity contribution in [2.45, 2.75) is 52.9 Å². The molecule has 0 bridgehead atoms. The Kier molecular flexibility index (Phi) is 7.34. The molecule has 1 aliphatic heterocycles. The second-order valence-electron chi connectivity index (χ2n) is 7.95. The Bertz CT molecular complexity index is 807. The summed E-state index contributed by atoms with van der Waals surface area (Å²) in [6, 6.07) is 9.53. The zero-order valence-corrected chi connectivity index (χ0v) is 17.9. The van der Waals surface area contributed by atoms with Crippen molar-refractivity contribution in [2.24, 2.45) is 0 Å². The van der Waals surface area contributed by atoms with Crippen molar-refractivity contribution in [3.8, 4) is 5.75 Å². The van der Waals surface area contributed by atoms with E-state index in [1.807, 2.05) is 19.1 Å². The maximum Gasteiger partial charge on any atom is 0.286 e. The Morgan fingerprint density at radius 2 is 1.93 bits per heavy atom. The molecule has 6 heteroatoms. The summed E-state index contributed by atoms with van der Waals surface area (Å²) in [7, 11) is 0. The smallest absolute Gasteiger partial charge is 0.286 e. The summed E-state index contributed by atoms with van der Waals surface area (Å²) in [6.45, 7) is 12.0. The van der Waals surface area contributed by atoms with Crippen molar-refractivity contribution < 1.29 is 18.7 Å². The number of furan rings is 1. The molecule has 29 heavy (non-hydrogen) atoms. The Morgan fingerprint density at radius 3 is 2.66 bits per heavy atom. The van der Waals surface area contributed by atoms with E-state index in [2.05, 4.69) is 37.1 Å². The lowest BCUT2D eigenvalue weighted by atomic mass is 10.1. The van der Waals surface area contributed by atoms with E-state index in [9.17, 15) is 4.79 Å². The SMILES string of the molecule is Cc1ccc(OCc2ccc(C(=O)NCCCN3CC(C)OC(C)C3)o2)c(C)c1. The van der Waals surface area contributed by atoms with Gasteiger partial charge in [-0.2, -0.15) is 0 Å². The molecule has 0 radical (unpaired) electrons. The molecule has 3 rings (SSSR count). The average Bonchev–Trinajstić information content (AvgIpc) is 3.13. The van der Waals surface area contributed by atoms with Crippen LogP contribution in [0.5, 0.6) is 5.75 Å². The quantitative estimate of drug-likeness (QED) is 0.685. The molecule has 1 aromatic carbocycles. The third kappa shape index (κ3) is 6.34. The maximum atomic E-state index is 12.3. The van der Waals surface area contributed by atoms with Gasteiger partial charge in [0.05, 0.1) is 12.2 Å². The standard InChI is InChI=1S/C23H32N2O4/c1-16-6-8-21(17(2)12-16)27-15-20-7-9-22(29-20)23(26)24-10-5-11-25-13-18(3)28-19(4)14-25/h6-9,12,18-19H,5,10-11,13-15H2,1-4H3,(H,24,26). The first-order valence-electron chi connectivity index (χ1n) is 10.4. The van der Waals surface area contributed by atoms with Gasteiger partial charge in [-0.05, 0) is 57.9 Å². The van der Waals surface area contributed by atoms with Gasteiger partial charge in [0.2, 0.25) is 0 Å². The molecule has 1 saturated heterocycles. The molecule has 1 N–H and O–H groups in total. The number of amides is 1. The predicted molar refractivity (Wildman–Crippen MR) is 112 cm³/mol. The van der Waals surface area contributed by atoms with Gasteiger partial charge in [0.25, 0.3) is 5.91 Å². The number of nitrogens with zero attached hydrogens (tertiary/aromatic N) is 1. The number of hydrogen-bond acceptors (Lipinski definition) is 5. The lowest BCUT2D eigenvalue weighted by molar-refractivity contribution is -0.0680. The molecule has 0 aliphatic carbocycles. The molecular formula is C23H32N2O4. The molecular weight excluding hydrogens is 368 g/mol. The minimum absolute atomic E-state index is 0.188. The molecule has 0 saturated carbocycles. The second-order valence-corrected chi connectivity index (χ2v) is 7.95.